The van der Waals surface area contributed by atoms with E-state index in [0.29, 0.717) is 5.06 Å². The number of nitrogens with zero attached hydrogens (tertiary/aromatic N) is 1. The summed E-state index contributed by atoms with van der Waals surface area (Å²) in [6, 6.07) is 0. The third-order valence-electron chi connectivity index (χ3n) is 3.20. The predicted octanol–water partition coefficient (Wildman–Crippen LogP) is 1.12. The molecule has 1 fully saturated rings. The van der Waals surface area contributed by atoms with Gasteiger partial charge < -0.3 is 9.94 Å². The molecule has 0 aromatic carbocycles. The number of aliphatic carboxylic acids is 1. The average molecular weight is 285 g/mol. The Hall–Kier alpha value is -1.92. The highest BCUT2D eigenvalue weighted by Crippen LogP contribution is 2.35. The third kappa shape index (κ3) is 3.34. The molecule has 1 heterocycles. The number of carboxylic acids is 1. The fourth-order valence-electron chi connectivity index (χ4n) is 2.12. The monoisotopic (exact) mass is 285 g/mol. The number of hydrogen-bond acceptors (Lipinski definition) is 5. The first kappa shape index (κ1) is 16.1. The van der Waals surface area contributed by atoms with Crippen molar-refractivity contribution in [3.05, 3.63) is 0 Å². The molecule has 1 rings (SSSR count). The van der Waals surface area contributed by atoms with Gasteiger partial charge in [-0.1, -0.05) is 0 Å². The summed E-state index contributed by atoms with van der Waals surface area (Å²) in [6.07, 6.45) is 0.0602. The molecule has 20 heavy (non-hydrogen) atoms. The van der Waals surface area contributed by atoms with Crippen LogP contribution in [0.25, 0.3) is 0 Å². The van der Waals surface area contributed by atoms with Crippen molar-refractivity contribution in [3.63, 3.8) is 0 Å². The number of carboxylic acid groups (broad SMARTS) is 1. The van der Waals surface area contributed by atoms with E-state index in [0.717, 1.165) is 0 Å². The highest BCUT2D eigenvalue weighted by Gasteiger charge is 2.43. The molecule has 0 aliphatic carbocycles. The summed E-state index contributed by atoms with van der Waals surface area (Å²) in [4.78, 5) is 50.7. The zero-order valence-electron chi connectivity index (χ0n) is 12.1. The molecule has 0 unspecified atom stereocenters. The van der Waals surface area contributed by atoms with Crippen LogP contribution in [-0.2, 0) is 24.0 Å². The Bertz CT molecular complexity index is 449. The smallest absolute Gasteiger partial charge is 0.338 e. The van der Waals surface area contributed by atoms with Crippen LogP contribution in [0.15, 0.2) is 0 Å². The van der Waals surface area contributed by atoms with Crippen molar-refractivity contribution in [3.8, 4) is 0 Å². The Labute approximate surface area is 116 Å². The van der Waals surface area contributed by atoms with E-state index in [4.69, 9.17) is 9.94 Å². The van der Waals surface area contributed by atoms with Gasteiger partial charge in [-0.05, 0) is 34.1 Å². The van der Waals surface area contributed by atoms with E-state index in [-0.39, 0.29) is 19.3 Å². The first-order chi connectivity index (χ1) is 8.97. The van der Waals surface area contributed by atoms with Crippen LogP contribution in [0.1, 0.15) is 47.0 Å². The number of imide groups is 1. The maximum Gasteiger partial charge on any atom is 0.338 e. The lowest BCUT2D eigenvalue weighted by Crippen LogP contribution is -2.41. The van der Waals surface area contributed by atoms with E-state index < -0.39 is 34.6 Å². The molecule has 0 bridgehead atoms. The van der Waals surface area contributed by atoms with Gasteiger partial charge in [0.1, 0.15) is 0 Å². The molecule has 1 saturated heterocycles. The number of hydroxylamine groups is 2. The van der Waals surface area contributed by atoms with Crippen molar-refractivity contribution in [1.29, 1.82) is 0 Å². The van der Waals surface area contributed by atoms with E-state index in [1.807, 2.05) is 0 Å². The van der Waals surface area contributed by atoms with Crippen LogP contribution in [0.5, 0.6) is 0 Å². The molecule has 0 aromatic rings. The molecule has 112 valence electrons. The molecule has 0 spiro atoms. The van der Waals surface area contributed by atoms with Gasteiger partial charge in [0.05, 0.1) is 10.8 Å². The van der Waals surface area contributed by atoms with Crippen molar-refractivity contribution in [2.24, 2.45) is 10.8 Å². The van der Waals surface area contributed by atoms with E-state index in [1.54, 1.807) is 0 Å². The summed E-state index contributed by atoms with van der Waals surface area (Å²) >= 11 is 0. The van der Waals surface area contributed by atoms with E-state index in [2.05, 4.69) is 0 Å². The van der Waals surface area contributed by atoms with Crippen molar-refractivity contribution < 1.29 is 29.1 Å². The van der Waals surface area contributed by atoms with Gasteiger partial charge in [-0.25, -0.2) is 4.79 Å². The molecule has 0 saturated carbocycles. The first-order valence-electron chi connectivity index (χ1n) is 6.29. The predicted molar refractivity (Wildman–Crippen MR) is 67.0 cm³/mol. The second-order valence-electron chi connectivity index (χ2n) is 6.21. The topological polar surface area (TPSA) is 101 Å². The molecule has 0 atom stereocenters. The molecule has 7 heteroatoms. The van der Waals surface area contributed by atoms with Crippen LogP contribution in [0.3, 0.4) is 0 Å². The van der Waals surface area contributed by atoms with Crippen LogP contribution < -0.4 is 0 Å². The molecule has 1 aliphatic rings. The van der Waals surface area contributed by atoms with Crippen molar-refractivity contribution >= 4 is 23.8 Å². The minimum atomic E-state index is -1.13. The molecular weight excluding hydrogens is 266 g/mol. The standard InChI is InChI=1S/C13H19NO6/c1-12(2,10(17)18)7-13(3,4)11(19)20-14-8(15)5-6-9(14)16/h5-7H2,1-4H3,(H,17,18). The Balaban J connectivity index is 2.77. The molecule has 1 N–H and O–H groups in total. The van der Waals surface area contributed by atoms with Gasteiger partial charge in [-0.3, -0.25) is 14.4 Å². The largest absolute Gasteiger partial charge is 0.481 e. The van der Waals surface area contributed by atoms with Crippen molar-refractivity contribution in [1.82, 2.24) is 5.06 Å². The zero-order valence-corrected chi connectivity index (χ0v) is 12.1. The number of carbonyl (C=O) groups excluding carboxylic acids is 3. The summed E-state index contributed by atoms with van der Waals surface area (Å²) in [5, 5.41) is 9.55. The van der Waals surface area contributed by atoms with Gasteiger partial charge in [0.2, 0.25) is 0 Å². The van der Waals surface area contributed by atoms with Gasteiger partial charge in [-0.2, -0.15) is 0 Å². The summed E-state index contributed by atoms with van der Waals surface area (Å²) in [5.74, 6) is -2.95. The maximum atomic E-state index is 12.1. The maximum absolute atomic E-state index is 12.1. The van der Waals surface area contributed by atoms with Gasteiger partial charge in [0, 0.05) is 12.8 Å². The van der Waals surface area contributed by atoms with Crippen LogP contribution >= 0.6 is 0 Å². The molecule has 0 radical (unpaired) electrons. The SMILES string of the molecule is CC(C)(CC(C)(C)C(=O)ON1C(=O)CCC1=O)C(=O)O. The Morgan fingerprint density at radius 3 is 1.95 bits per heavy atom. The Morgan fingerprint density at radius 2 is 1.55 bits per heavy atom. The van der Waals surface area contributed by atoms with E-state index in [9.17, 15) is 19.2 Å². The normalized spacial score (nSPS) is 16.5. The summed E-state index contributed by atoms with van der Waals surface area (Å²) in [5.41, 5.74) is -2.26. The van der Waals surface area contributed by atoms with E-state index >= 15 is 0 Å². The Morgan fingerprint density at radius 1 is 1.10 bits per heavy atom. The van der Waals surface area contributed by atoms with Crippen LogP contribution in [0.4, 0.5) is 0 Å². The summed E-state index contributed by atoms with van der Waals surface area (Å²) in [7, 11) is 0. The third-order valence-corrected chi connectivity index (χ3v) is 3.20. The minimum absolute atomic E-state index is 0.0182. The average Bonchev–Trinajstić information content (AvgIpc) is 2.59. The van der Waals surface area contributed by atoms with Crippen LogP contribution in [0.2, 0.25) is 0 Å². The first-order valence-corrected chi connectivity index (χ1v) is 6.29. The van der Waals surface area contributed by atoms with Crippen molar-refractivity contribution in [2.45, 2.75) is 47.0 Å². The molecule has 7 nitrogen and oxygen atoms in total. The number of hydrogen-bond donors (Lipinski definition) is 1. The number of carbonyl (C=O) groups is 4. The van der Waals surface area contributed by atoms with Gasteiger partial charge in [0.15, 0.2) is 0 Å². The van der Waals surface area contributed by atoms with E-state index in [1.165, 1.54) is 27.7 Å². The lowest BCUT2D eigenvalue weighted by molar-refractivity contribution is -0.205. The lowest BCUT2D eigenvalue weighted by atomic mass is 9.75. The minimum Gasteiger partial charge on any atom is -0.481 e. The summed E-state index contributed by atoms with van der Waals surface area (Å²) in [6.45, 7) is 6.03. The highest BCUT2D eigenvalue weighted by molar-refractivity contribution is 6.01. The quantitative estimate of drug-likeness (QED) is 0.760. The second-order valence-corrected chi connectivity index (χ2v) is 6.21. The number of amides is 2. The van der Waals surface area contributed by atoms with Crippen molar-refractivity contribution in [2.75, 3.05) is 0 Å². The summed E-state index contributed by atoms with van der Waals surface area (Å²) < 4.78 is 0. The van der Waals surface area contributed by atoms with Gasteiger partial charge >= 0.3 is 11.9 Å². The molecular formula is C13H19NO6. The highest BCUT2D eigenvalue weighted by atomic mass is 16.7. The van der Waals surface area contributed by atoms with Gasteiger partial charge in [-0.15, -0.1) is 5.06 Å². The Kier molecular flexibility index (Phi) is 4.21. The second kappa shape index (κ2) is 5.22. The van der Waals surface area contributed by atoms with Crippen LogP contribution in [-0.4, -0.2) is 33.9 Å². The lowest BCUT2D eigenvalue weighted by Gasteiger charge is -2.30. The van der Waals surface area contributed by atoms with Crippen LogP contribution in [0, 0.1) is 10.8 Å². The molecule has 1 aliphatic heterocycles. The molecule has 0 aromatic heterocycles. The molecule has 2 amide bonds. The van der Waals surface area contributed by atoms with Gasteiger partial charge in [0.25, 0.3) is 11.8 Å². The zero-order chi connectivity index (χ0) is 15.7. The fourth-order valence-corrected chi connectivity index (χ4v) is 2.12. The number of rotatable bonds is 5. The fraction of sp³-hybridized carbons (Fsp3) is 0.692.